The maximum atomic E-state index is 4.45. The third kappa shape index (κ3) is 1.58. The van der Waals surface area contributed by atoms with Crippen LogP contribution < -0.4 is 0 Å². The van der Waals surface area contributed by atoms with Crippen LogP contribution in [0.25, 0.3) is 5.52 Å². The maximum absolute atomic E-state index is 4.45. The molecule has 0 bridgehead atoms. The van der Waals surface area contributed by atoms with E-state index in [0.717, 1.165) is 17.8 Å². The molecule has 16 heavy (non-hydrogen) atoms. The number of imidazole rings is 1. The van der Waals surface area contributed by atoms with E-state index in [9.17, 15) is 0 Å². The molecule has 0 aliphatic rings. The highest BCUT2D eigenvalue weighted by Crippen LogP contribution is 2.10. The minimum atomic E-state index is 0.874. The summed E-state index contributed by atoms with van der Waals surface area (Å²) in [5, 5.41) is 0. The maximum Gasteiger partial charge on any atom is 0.117 e. The van der Waals surface area contributed by atoms with Crippen LogP contribution in [0.1, 0.15) is 11.4 Å². The van der Waals surface area contributed by atoms with Gasteiger partial charge in [-0.25, -0.2) is 4.98 Å². The third-order valence-electron chi connectivity index (χ3n) is 2.72. The van der Waals surface area contributed by atoms with E-state index in [1.54, 1.807) is 0 Å². The number of fused-ring (bicyclic) bond motifs is 1. The first kappa shape index (κ1) is 9.16. The van der Waals surface area contributed by atoms with Crippen molar-refractivity contribution in [1.82, 2.24) is 9.38 Å². The van der Waals surface area contributed by atoms with Crippen molar-refractivity contribution in [2.24, 2.45) is 0 Å². The first-order valence-electron chi connectivity index (χ1n) is 5.38. The van der Waals surface area contributed by atoms with Crippen LogP contribution in [-0.4, -0.2) is 9.38 Å². The fraction of sp³-hybridized carbons (Fsp3) is 0.0714. The smallest absolute Gasteiger partial charge is 0.117 e. The minimum absolute atomic E-state index is 0.874. The van der Waals surface area contributed by atoms with Gasteiger partial charge in [0, 0.05) is 12.6 Å². The number of pyridine rings is 1. The summed E-state index contributed by atoms with van der Waals surface area (Å²) in [6.45, 7) is 0. The zero-order valence-corrected chi connectivity index (χ0v) is 8.88. The Hall–Kier alpha value is -2.09. The zero-order chi connectivity index (χ0) is 10.8. The average molecular weight is 208 g/mol. The highest BCUT2D eigenvalue weighted by molar-refractivity contribution is 5.46. The Morgan fingerprint density at radius 2 is 1.75 bits per heavy atom. The van der Waals surface area contributed by atoms with E-state index in [2.05, 4.69) is 45.9 Å². The van der Waals surface area contributed by atoms with Crippen molar-refractivity contribution >= 4 is 5.52 Å². The number of aromatic nitrogens is 2. The minimum Gasteiger partial charge on any atom is -0.303 e. The molecule has 78 valence electrons. The molecule has 3 aromatic rings. The van der Waals surface area contributed by atoms with Gasteiger partial charge in [-0.05, 0) is 17.7 Å². The molecule has 0 atom stereocenters. The number of nitrogens with zero attached hydrogens (tertiary/aromatic N) is 2. The summed E-state index contributed by atoms with van der Waals surface area (Å²) in [6, 6.07) is 16.5. The van der Waals surface area contributed by atoms with Gasteiger partial charge in [-0.3, -0.25) is 0 Å². The van der Waals surface area contributed by atoms with Gasteiger partial charge < -0.3 is 4.40 Å². The Labute approximate surface area is 94.2 Å². The van der Waals surface area contributed by atoms with Gasteiger partial charge in [0.15, 0.2) is 0 Å². The van der Waals surface area contributed by atoms with Gasteiger partial charge >= 0.3 is 0 Å². The predicted octanol–water partition coefficient (Wildman–Crippen LogP) is 2.93. The lowest BCUT2D eigenvalue weighted by Crippen LogP contribution is -1.95. The molecule has 0 N–H and O–H groups in total. The highest BCUT2D eigenvalue weighted by Gasteiger charge is 2.02. The second kappa shape index (κ2) is 3.81. The number of benzene rings is 1. The van der Waals surface area contributed by atoms with Gasteiger partial charge in [-0.15, -0.1) is 0 Å². The molecule has 0 saturated carbocycles. The SMILES string of the molecule is c1ccc(Cc2ncc3ccccn23)cc1. The molecular formula is C14H12N2. The van der Waals surface area contributed by atoms with Crippen LogP contribution in [0.2, 0.25) is 0 Å². The first-order chi connectivity index (χ1) is 7.93. The van der Waals surface area contributed by atoms with Crippen LogP contribution in [0.4, 0.5) is 0 Å². The van der Waals surface area contributed by atoms with Crippen LogP contribution in [0, 0.1) is 0 Å². The van der Waals surface area contributed by atoms with Crippen LogP contribution in [0.15, 0.2) is 60.9 Å². The lowest BCUT2D eigenvalue weighted by molar-refractivity contribution is 0.962. The first-order valence-corrected chi connectivity index (χ1v) is 5.38. The molecular weight excluding hydrogens is 196 g/mol. The molecule has 2 heteroatoms. The number of rotatable bonds is 2. The molecule has 2 nitrogen and oxygen atoms in total. The van der Waals surface area contributed by atoms with E-state index in [1.807, 2.05) is 24.4 Å². The molecule has 0 unspecified atom stereocenters. The van der Waals surface area contributed by atoms with Crippen molar-refractivity contribution in [2.75, 3.05) is 0 Å². The topological polar surface area (TPSA) is 17.3 Å². The monoisotopic (exact) mass is 208 g/mol. The molecule has 2 aromatic heterocycles. The van der Waals surface area contributed by atoms with Crippen LogP contribution in [0.5, 0.6) is 0 Å². The lowest BCUT2D eigenvalue weighted by atomic mass is 10.1. The summed E-state index contributed by atoms with van der Waals surface area (Å²) in [6.07, 6.45) is 4.85. The highest BCUT2D eigenvalue weighted by atomic mass is 15.0. The summed E-state index contributed by atoms with van der Waals surface area (Å²) in [5.74, 6) is 1.09. The van der Waals surface area contributed by atoms with E-state index < -0.39 is 0 Å². The van der Waals surface area contributed by atoms with Gasteiger partial charge in [0.2, 0.25) is 0 Å². The summed E-state index contributed by atoms with van der Waals surface area (Å²) in [7, 11) is 0. The molecule has 0 saturated heterocycles. The van der Waals surface area contributed by atoms with Crippen molar-refractivity contribution < 1.29 is 0 Å². The molecule has 1 aromatic carbocycles. The Balaban J connectivity index is 2.01. The second-order valence-electron chi connectivity index (χ2n) is 3.83. The molecule has 0 amide bonds. The number of hydrogen-bond acceptors (Lipinski definition) is 1. The van der Waals surface area contributed by atoms with Crippen molar-refractivity contribution in [3.63, 3.8) is 0 Å². The second-order valence-corrected chi connectivity index (χ2v) is 3.83. The fourth-order valence-corrected chi connectivity index (χ4v) is 1.91. The number of hydrogen-bond donors (Lipinski definition) is 0. The third-order valence-corrected chi connectivity index (χ3v) is 2.72. The Bertz CT molecular complexity index is 596. The van der Waals surface area contributed by atoms with E-state index >= 15 is 0 Å². The summed E-state index contributed by atoms with van der Waals surface area (Å²) in [5.41, 5.74) is 2.44. The van der Waals surface area contributed by atoms with Crippen molar-refractivity contribution in [2.45, 2.75) is 6.42 Å². The lowest BCUT2D eigenvalue weighted by Gasteiger charge is -2.01. The summed E-state index contributed by atoms with van der Waals surface area (Å²) < 4.78 is 2.13. The van der Waals surface area contributed by atoms with Gasteiger partial charge in [-0.1, -0.05) is 36.4 Å². The molecule has 0 aliphatic heterocycles. The van der Waals surface area contributed by atoms with Crippen LogP contribution in [0.3, 0.4) is 0 Å². The van der Waals surface area contributed by atoms with Crippen molar-refractivity contribution in [1.29, 1.82) is 0 Å². The van der Waals surface area contributed by atoms with Crippen LogP contribution in [-0.2, 0) is 6.42 Å². The fourth-order valence-electron chi connectivity index (χ4n) is 1.91. The zero-order valence-electron chi connectivity index (χ0n) is 8.88. The molecule has 2 heterocycles. The van der Waals surface area contributed by atoms with Crippen molar-refractivity contribution in [3.05, 3.63) is 72.3 Å². The van der Waals surface area contributed by atoms with E-state index in [1.165, 1.54) is 5.56 Å². The van der Waals surface area contributed by atoms with Gasteiger partial charge in [0.1, 0.15) is 5.82 Å². The molecule has 3 rings (SSSR count). The largest absolute Gasteiger partial charge is 0.303 e. The molecule has 0 fully saturated rings. The Morgan fingerprint density at radius 3 is 2.62 bits per heavy atom. The van der Waals surface area contributed by atoms with E-state index in [0.29, 0.717) is 0 Å². The molecule has 0 spiro atoms. The average Bonchev–Trinajstić information content (AvgIpc) is 2.74. The normalized spacial score (nSPS) is 10.8. The molecule has 0 radical (unpaired) electrons. The van der Waals surface area contributed by atoms with Gasteiger partial charge in [0.05, 0.1) is 11.7 Å². The Kier molecular flexibility index (Phi) is 2.18. The molecule has 0 aliphatic carbocycles. The van der Waals surface area contributed by atoms with E-state index in [4.69, 9.17) is 0 Å². The van der Waals surface area contributed by atoms with Gasteiger partial charge in [-0.2, -0.15) is 0 Å². The van der Waals surface area contributed by atoms with Crippen LogP contribution >= 0.6 is 0 Å². The predicted molar refractivity (Wildman–Crippen MR) is 64.4 cm³/mol. The van der Waals surface area contributed by atoms with Gasteiger partial charge in [0.25, 0.3) is 0 Å². The standard InChI is InChI=1S/C14H12N2/c1-2-6-12(7-3-1)10-14-15-11-13-8-4-5-9-16(13)14/h1-9,11H,10H2. The summed E-state index contributed by atoms with van der Waals surface area (Å²) in [4.78, 5) is 4.45. The quantitative estimate of drug-likeness (QED) is 0.633. The van der Waals surface area contributed by atoms with E-state index in [-0.39, 0.29) is 0 Å². The van der Waals surface area contributed by atoms with Crippen molar-refractivity contribution in [3.8, 4) is 0 Å². The summed E-state index contributed by atoms with van der Waals surface area (Å²) >= 11 is 0. The Morgan fingerprint density at radius 1 is 0.938 bits per heavy atom.